The number of phenolic OH excluding ortho intramolecular Hbond substituents is 1. The summed E-state index contributed by atoms with van der Waals surface area (Å²) in [7, 11) is 0. The van der Waals surface area contributed by atoms with Crippen LogP contribution >= 0.6 is 11.6 Å². The highest BCUT2D eigenvalue weighted by Crippen LogP contribution is 2.26. The van der Waals surface area contributed by atoms with Crippen LogP contribution in [0.4, 0.5) is 11.5 Å². The Morgan fingerprint density at radius 3 is 2.85 bits per heavy atom. The second-order valence-electron chi connectivity index (χ2n) is 4.31. The average molecular weight is 287 g/mol. The summed E-state index contributed by atoms with van der Waals surface area (Å²) in [4.78, 5) is 4.38. The minimum absolute atomic E-state index is 0.156. The Labute approximate surface area is 120 Å². The lowest BCUT2D eigenvalue weighted by Gasteiger charge is -1.97. The van der Waals surface area contributed by atoms with E-state index in [0.717, 1.165) is 11.3 Å². The van der Waals surface area contributed by atoms with Crippen LogP contribution in [0.1, 0.15) is 5.69 Å². The van der Waals surface area contributed by atoms with Crippen molar-refractivity contribution in [1.82, 2.24) is 9.38 Å². The molecule has 2 heterocycles. The van der Waals surface area contributed by atoms with Crippen LogP contribution in [0.25, 0.3) is 5.65 Å². The van der Waals surface area contributed by atoms with Crippen molar-refractivity contribution < 1.29 is 5.11 Å². The van der Waals surface area contributed by atoms with Gasteiger partial charge in [-0.15, -0.1) is 10.2 Å². The van der Waals surface area contributed by atoms with Crippen LogP contribution in [0.3, 0.4) is 0 Å². The summed E-state index contributed by atoms with van der Waals surface area (Å²) in [6.45, 7) is 1.86. The van der Waals surface area contributed by atoms with Crippen LogP contribution in [-0.4, -0.2) is 14.5 Å². The van der Waals surface area contributed by atoms with Gasteiger partial charge in [-0.1, -0.05) is 17.7 Å². The fraction of sp³-hybridized carbons (Fsp3) is 0.0714. The first-order valence-corrected chi connectivity index (χ1v) is 6.36. The molecule has 6 heteroatoms. The van der Waals surface area contributed by atoms with Gasteiger partial charge in [0.2, 0.25) is 0 Å². The summed E-state index contributed by atoms with van der Waals surface area (Å²) >= 11 is 5.94. The number of hydrogen-bond donors (Lipinski definition) is 1. The highest BCUT2D eigenvalue weighted by atomic mass is 35.5. The number of aromatic hydroxyl groups is 1. The Bertz CT molecular complexity index is 810. The van der Waals surface area contributed by atoms with Gasteiger partial charge in [-0.25, -0.2) is 4.98 Å². The number of halogens is 1. The van der Waals surface area contributed by atoms with E-state index in [4.69, 9.17) is 11.6 Å². The van der Waals surface area contributed by atoms with Crippen LogP contribution in [0, 0.1) is 6.92 Å². The number of azo groups is 1. The standard InChI is InChI=1S/C14H11ClN4O/c1-9-14(18-17-11-3-2-4-12(20)8-11)19-6-5-10(15)7-13(19)16-9/h2-8,20H,1H3. The first-order chi connectivity index (χ1) is 9.63. The molecule has 0 saturated heterocycles. The number of hydrogen-bond acceptors (Lipinski definition) is 4. The van der Waals surface area contributed by atoms with Gasteiger partial charge < -0.3 is 5.11 Å². The Kier molecular flexibility index (Phi) is 3.12. The highest BCUT2D eigenvalue weighted by molar-refractivity contribution is 6.30. The number of pyridine rings is 1. The maximum Gasteiger partial charge on any atom is 0.182 e. The van der Waals surface area contributed by atoms with Crippen molar-refractivity contribution >= 4 is 28.8 Å². The number of phenols is 1. The Balaban J connectivity index is 2.04. The molecule has 0 amide bonds. The van der Waals surface area contributed by atoms with Gasteiger partial charge in [0.15, 0.2) is 5.82 Å². The molecule has 0 unspecified atom stereocenters. The molecule has 20 heavy (non-hydrogen) atoms. The SMILES string of the molecule is Cc1nc2cc(Cl)ccn2c1N=Nc1cccc(O)c1. The molecule has 3 aromatic rings. The molecule has 0 spiro atoms. The van der Waals surface area contributed by atoms with Gasteiger partial charge in [0.05, 0.1) is 11.4 Å². The van der Waals surface area contributed by atoms with E-state index in [0.29, 0.717) is 16.5 Å². The fourth-order valence-electron chi connectivity index (χ4n) is 1.91. The number of fused-ring (bicyclic) bond motifs is 1. The number of rotatable bonds is 2. The number of aryl methyl sites for hydroxylation is 1. The lowest BCUT2D eigenvalue weighted by Crippen LogP contribution is -1.82. The van der Waals surface area contributed by atoms with Crippen LogP contribution in [-0.2, 0) is 0 Å². The first-order valence-electron chi connectivity index (χ1n) is 5.98. The molecule has 0 radical (unpaired) electrons. The minimum atomic E-state index is 0.156. The lowest BCUT2D eigenvalue weighted by atomic mass is 10.3. The van der Waals surface area contributed by atoms with E-state index in [2.05, 4.69) is 15.2 Å². The summed E-state index contributed by atoms with van der Waals surface area (Å²) < 4.78 is 1.81. The lowest BCUT2D eigenvalue weighted by molar-refractivity contribution is 0.475. The third-order valence-corrected chi connectivity index (χ3v) is 3.06. The Morgan fingerprint density at radius 1 is 1.20 bits per heavy atom. The van der Waals surface area contributed by atoms with Crippen molar-refractivity contribution in [2.45, 2.75) is 6.92 Å². The van der Waals surface area contributed by atoms with Gasteiger partial charge in [0.25, 0.3) is 0 Å². The normalized spacial score (nSPS) is 11.5. The molecule has 0 atom stereocenters. The molecule has 0 aliphatic carbocycles. The molecule has 100 valence electrons. The van der Waals surface area contributed by atoms with Gasteiger partial charge in [-0.2, -0.15) is 0 Å². The van der Waals surface area contributed by atoms with Crippen LogP contribution in [0.5, 0.6) is 5.75 Å². The van der Waals surface area contributed by atoms with Crippen molar-refractivity contribution in [1.29, 1.82) is 0 Å². The second kappa shape index (κ2) is 4.94. The fourth-order valence-corrected chi connectivity index (χ4v) is 2.06. The third kappa shape index (κ3) is 2.35. The van der Waals surface area contributed by atoms with Crippen molar-refractivity contribution in [2.75, 3.05) is 0 Å². The van der Waals surface area contributed by atoms with Crippen LogP contribution < -0.4 is 0 Å². The summed E-state index contributed by atoms with van der Waals surface area (Å²) in [5.74, 6) is 0.795. The second-order valence-corrected chi connectivity index (χ2v) is 4.75. The van der Waals surface area contributed by atoms with E-state index in [1.54, 1.807) is 42.6 Å². The maximum absolute atomic E-state index is 9.39. The quantitative estimate of drug-likeness (QED) is 0.709. The van der Waals surface area contributed by atoms with Gasteiger partial charge >= 0.3 is 0 Å². The molecule has 1 aromatic carbocycles. The summed E-state index contributed by atoms with van der Waals surface area (Å²) in [5, 5.41) is 18.3. The molecule has 0 aliphatic rings. The Morgan fingerprint density at radius 2 is 2.05 bits per heavy atom. The molecular formula is C14H11ClN4O. The van der Waals surface area contributed by atoms with Crippen molar-refractivity contribution in [3.63, 3.8) is 0 Å². The number of aromatic nitrogens is 2. The monoisotopic (exact) mass is 286 g/mol. The zero-order valence-electron chi connectivity index (χ0n) is 10.7. The van der Waals surface area contributed by atoms with Crippen molar-refractivity contribution in [3.8, 4) is 5.75 Å². The zero-order valence-corrected chi connectivity index (χ0v) is 11.4. The molecule has 3 rings (SSSR count). The largest absolute Gasteiger partial charge is 0.508 e. The van der Waals surface area contributed by atoms with Crippen LogP contribution in [0.2, 0.25) is 5.02 Å². The number of imidazole rings is 1. The smallest absolute Gasteiger partial charge is 0.182 e. The van der Waals surface area contributed by atoms with Gasteiger partial charge in [-0.3, -0.25) is 4.40 Å². The molecule has 5 nitrogen and oxygen atoms in total. The molecule has 2 aromatic heterocycles. The minimum Gasteiger partial charge on any atom is -0.508 e. The average Bonchev–Trinajstić information content (AvgIpc) is 2.71. The van der Waals surface area contributed by atoms with E-state index < -0.39 is 0 Å². The van der Waals surface area contributed by atoms with Crippen molar-refractivity contribution in [2.24, 2.45) is 10.2 Å². The zero-order chi connectivity index (χ0) is 14.1. The summed E-state index contributed by atoms with van der Waals surface area (Å²) in [6.07, 6.45) is 1.80. The number of benzene rings is 1. The topological polar surface area (TPSA) is 62.2 Å². The molecule has 0 fully saturated rings. The predicted molar refractivity (Wildman–Crippen MR) is 77.2 cm³/mol. The highest BCUT2D eigenvalue weighted by Gasteiger charge is 2.08. The van der Waals surface area contributed by atoms with E-state index in [1.165, 1.54) is 0 Å². The van der Waals surface area contributed by atoms with E-state index in [-0.39, 0.29) is 5.75 Å². The summed E-state index contributed by atoms with van der Waals surface area (Å²) in [6, 6.07) is 10.1. The molecule has 1 N–H and O–H groups in total. The molecular weight excluding hydrogens is 276 g/mol. The van der Waals surface area contributed by atoms with E-state index >= 15 is 0 Å². The van der Waals surface area contributed by atoms with E-state index in [9.17, 15) is 5.11 Å². The first kappa shape index (κ1) is 12.6. The summed E-state index contributed by atoms with van der Waals surface area (Å²) in [5.41, 5.74) is 2.06. The van der Waals surface area contributed by atoms with Crippen molar-refractivity contribution in [3.05, 3.63) is 53.3 Å². The molecule has 0 saturated carbocycles. The number of nitrogens with zero attached hydrogens (tertiary/aromatic N) is 4. The van der Waals surface area contributed by atoms with Gasteiger partial charge in [-0.05, 0) is 25.1 Å². The van der Waals surface area contributed by atoms with Gasteiger partial charge in [0.1, 0.15) is 11.4 Å². The predicted octanol–water partition coefficient (Wildman–Crippen LogP) is 4.42. The van der Waals surface area contributed by atoms with E-state index in [1.807, 2.05) is 11.3 Å². The Hall–Kier alpha value is -2.40. The molecule has 0 aliphatic heterocycles. The van der Waals surface area contributed by atoms with Crippen LogP contribution in [0.15, 0.2) is 52.8 Å². The maximum atomic E-state index is 9.39. The van der Waals surface area contributed by atoms with Gasteiger partial charge in [0, 0.05) is 23.4 Å². The molecule has 0 bridgehead atoms. The third-order valence-electron chi connectivity index (χ3n) is 2.82.